The van der Waals surface area contributed by atoms with E-state index in [9.17, 15) is 26.3 Å². The molecule has 0 amide bonds. The average molecular weight is 277 g/mol. The Kier molecular flexibility index (Phi) is 4.94. The van der Waals surface area contributed by atoms with E-state index in [1.54, 1.807) is 0 Å². The molecule has 0 saturated carbocycles. The van der Waals surface area contributed by atoms with E-state index in [0.717, 1.165) is 13.1 Å². The van der Waals surface area contributed by atoms with Crippen molar-refractivity contribution in [2.45, 2.75) is 31.2 Å². The molecule has 0 saturated heterocycles. The predicted molar refractivity (Wildman–Crippen MR) is 53.9 cm³/mol. The van der Waals surface area contributed by atoms with E-state index < -0.39 is 30.1 Å². The summed E-state index contributed by atoms with van der Waals surface area (Å²) in [6, 6.07) is 0. The van der Waals surface area contributed by atoms with Gasteiger partial charge in [0.15, 0.2) is 0 Å². The Morgan fingerprint density at radius 2 is 1.56 bits per heavy atom. The zero-order chi connectivity index (χ0) is 14.6. The quantitative estimate of drug-likeness (QED) is 0.516. The smallest absolute Gasteiger partial charge is 0.350 e. The molecule has 0 fully saturated rings. The van der Waals surface area contributed by atoms with Gasteiger partial charge in [-0.2, -0.15) is 26.3 Å². The number of hydrogen-bond acceptors (Lipinski definition) is 3. The lowest BCUT2D eigenvalue weighted by atomic mass is 9.94. The maximum atomic E-state index is 12.7. The highest BCUT2D eigenvalue weighted by Gasteiger charge is 2.70. The third-order valence-electron chi connectivity index (χ3n) is 2.19. The van der Waals surface area contributed by atoms with Gasteiger partial charge in [0, 0.05) is 6.20 Å². The molecule has 9 heteroatoms. The number of hydrogen-bond donors (Lipinski definition) is 3. The largest absolute Gasteiger partial charge is 0.420 e. The Morgan fingerprint density at radius 1 is 1.11 bits per heavy atom. The molecule has 0 atom stereocenters. The van der Waals surface area contributed by atoms with Crippen molar-refractivity contribution in [2.24, 2.45) is 0 Å². The Balaban J connectivity index is 5.24. The van der Waals surface area contributed by atoms with E-state index in [1.807, 2.05) is 5.43 Å². The van der Waals surface area contributed by atoms with Crippen LogP contribution in [0.15, 0.2) is 25.2 Å². The summed E-state index contributed by atoms with van der Waals surface area (Å²) in [4.78, 5) is 0. The molecule has 0 aliphatic rings. The number of hydrazine groups is 1. The van der Waals surface area contributed by atoms with Crippen LogP contribution in [0.3, 0.4) is 0 Å². The van der Waals surface area contributed by atoms with Crippen molar-refractivity contribution in [3.8, 4) is 0 Å². The van der Waals surface area contributed by atoms with Gasteiger partial charge in [-0.1, -0.05) is 20.1 Å². The fraction of sp³-hybridized carbons (Fsp3) is 0.556. The molecule has 0 bridgehead atoms. The molecule has 0 radical (unpaired) electrons. The number of alkyl halides is 6. The molecule has 3 nitrogen and oxygen atoms in total. The summed E-state index contributed by atoms with van der Waals surface area (Å²) < 4.78 is 76.0. The summed E-state index contributed by atoms with van der Waals surface area (Å²) in [5.41, 5.74) is 0.0585. The van der Waals surface area contributed by atoms with Gasteiger partial charge in [0.2, 0.25) is 5.54 Å². The lowest BCUT2D eigenvalue weighted by Crippen LogP contribution is -2.66. The van der Waals surface area contributed by atoms with Crippen LogP contribution < -0.4 is 16.2 Å². The molecule has 0 aliphatic carbocycles. The van der Waals surface area contributed by atoms with Crippen LogP contribution in [0.5, 0.6) is 0 Å². The Morgan fingerprint density at radius 3 is 1.83 bits per heavy atom. The molecule has 0 aromatic carbocycles. The fourth-order valence-corrected chi connectivity index (χ4v) is 1.22. The minimum Gasteiger partial charge on any atom is -0.350 e. The predicted octanol–water partition coefficient (Wildman–Crippen LogP) is 2.56. The maximum absolute atomic E-state index is 12.7. The van der Waals surface area contributed by atoms with Crippen LogP contribution in [-0.4, -0.2) is 17.9 Å². The zero-order valence-corrected chi connectivity index (χ0v) is 9.47. The van der Waals surface area contributed by atoms with Crippen molar-refractivity contribution in [3.05, 3.63) is 25.2 Å². The second kappa shape index (κ2) is 5.40. The topological polar surface area (TPSA) is 36.1 Å². The molecule has 0 aromatic rings. The highest BCUT2D eigenvalue weighted by atomic mass is 19.4. The van der Waals surface area contributed by atoms with Crippen LogP contribution in [0.25, 0.3) is 0 Å². The van der Waals surface area contributed by atoms with Gasteiger partial charge in [0.05, 0.1) is 0 Å². The summed E-state index contributed by atoms with van der Waals surface area (Å²) in [5.74, 6) is -0.675. The van der Waals surface area contributed by atoms with Crippen molar-refractivity contribution in [3.63, 3.8) is 0 Å². The van der Waals surface area contributed by atoms with E-state index in [2.05, 4.69) is 18.6 Å². The Hall–Kier alpha value is -1.54. The van der Waals surface area contributed by atoms with Gasteiger partial charge in [0.1, 0.15) is 5.82 Å². The summed E-state index contributed by atoms with van der Waals surface area (Å²) in [6.07, 6.45) is -11.2. The molecular weight excluding hydrogens is 264 g/mol. The number of rotatable bonds is 6. The van der Waals surface area contributed by atoms with Gasteiger partial charge in [0.25, 0.3) is 0 Å². The van der Waals surface area contributed by atoms with Crippen molar-refractivity contribution in [2.75, 3.05) is 0 Å². The van der Waals surface area contributed by atoms with Crippen LogP contribution in [0, 0.1) is 0 Å². The molecule has 0 aliphatic heterocycles. The van der Waals surface area contributed by atoms with Crippen LogP contribution in [-0.2, 0) is 0 Å². The molecule has 3 N–H and O–H groups in total. The van der Waals surface area contributed by atoms with Crippen molar-refractivity contribution in [1.82, 2.24) is 16.2 Å². The highest BCUT2D eigenvalue weighted by Crippen LogP contribution is 2.45. The standard InChI is InChI=1S/C9H13F6N3/c1-4-7(8(10,11)12,9(13,14)15)17-6(3)18-16-5-2/h5,16-18H,2-4H2,1H3. The second-order valence-electron chi connectivity index (χ2n) is 3.33. The summed E-state index contributed by atoms with van der Waals surface area (Å²) in [6.45, 7) is 6.96. The molecule has 0 aromatic heterocycles. The van der Waals surface area contributed by atoms with Crippen LogP contribution >= 0.6 is 0 Å². The van der Waals surface area contributed by atoms with Gasteiger partial charge < -0.3 is 10.7 Å². The average Bonchev–Trinajstić information content (AvgIpc) is 2.19. The Labute approximate surface area is 99.9 Å². The highest BCUT2D eigenvalue weighted by molar-refractivity contribution is 5.07. The van der Waals surface area contributed by atoms with Crippen LogP contribution in [0.1, 0.15) is 13.3 Å². The molecule has 18 heavy (non-hydrogen) atoms. The first-order chi connectivity index (χ1) is 8.02. The molecule has 0 unspecified atom stereocenters. The summed E-state index contributed by atoms with van der Waals surface area (Å²) in [7, 11) is 0. The third kappa shape index (κ3) is 3.23. The number of halogens is 6. The van der Waals surface area contributed by atoms with Crippen molar-refractivity contribution < 1.29 is 26.3 Å². The molecule has 0 rings (SSSR count). The van der Waals surface area contributed by atoms with Crippen LogP contribution in [0.4, 0.5) is 26.3 Å². The zero-order valence-electron chi connectivity index (χ0n) is 9.47. The van der Waals surface area contributed by atoms with E-state index in [0.29, 0.717) is 0 Å². The van der Waals surface area contributed by atoms with Crippen LogP contribution in [0.2, 0.25) is 0 Å². The monoisotopic (exact) mass is 277 g/mol. The van der Waals surface area contributed by atoms with E-state index in [4.69, 9.17) is 0 Å². The first-order valence-corrected chi connectivity index (χ1v) is 4.75. The molecule has 106 valence electrons. The molecule has 0 heterocycles. The van der Waals surface area contributed by atoms with E-state index >= 15 is 0 Å². The second-order valence-corrected chi connectivity index (χ2v) is 3.33. The van der Waals surface area contributed by atoms with Gasteiger partial charge in [-0.15, -0.1) is 0 Å². The van der Waals surface area contributed by atoms with Gasteiger partial charge in [-0.3, -0.25) is 5.43 Å². The van der Waals surface area contributed by atoms with Gasteiger partial charge in [-0.25, -0.2) is 0 Å². The van der Waals surface area contributed by atoms with Gasteiger partial charge in [-0.05, 0) is 6.42 Å². The first-order valence-electron chi connectivity index (χ1n) is 4.75. The normalized spacial score (nSPS) is 12.8. The number of nitrogens with one attached hydrogen (secondary N) is 3. The summed E-state index contributed by atoms with van der Waals surface area (Å²) >= 11 is 0. The van der Waals surface area contributed by atoms with Gasteiger partial charge >= 0.3 is 12.4 Å². The lowest BCUT2D eigenvalue weighted by molar-refractivity contribution is -0.306. The Bertz CT molecular complexity index is 292. The van der Waals surface area contributed by atoms with E-state index in [-0.39, 0.29) is 0 Å². The third-order valence-corrected chi connectivity index (χ3v) is 2.19. The fourth-order valence-electron chi connectivity index (χ4n) is 1.22. The van der Waals surface area contributed by atoms with Crippen molar-refractivity contribution >= 4 is 0 Å². The minimum atomic E-state index is -5.52. The first kappa shape index (κ1) is 16.5. The molecule has 0 spiro atoms. The SMILES string of the molecule is C=CNNC(=C)NC(CC)(C(F)(F)F)C(F)(F)F. The lowest BCUT2D eigenvalue weighted by Gasteiger charge is -2.38. The maximum Gasteiger partial charge on any atom is 0.420 e. The van der Waals surface area contributed by atoms with E-state index in [1.165, 1.54) is 5.32 Å². The minimum absolute atomic E-state index is 0.675. The van der Waals surface area contributed by atoms with Crippen molar-refractivity contribution in [1.29, 1.82) is 0 Å². The summed E-state index contributed by atoms with van der Waals surface area (Å²) in [5, 5.41) is 1.33. The molecular formula is C9H13F6N3.